The number of ether oxygens (including phenoxy) is 1. The Labute approximate surface area is 118 Å². The van der Waals surface area contributed by atoms with Crippen molar-refractivity contribution in [3.63, 3.8) is 0 Å². The summed E-state index contributed by atoms with van der Waals surface area (Å²) in [5.41, 5.74) is 0.693. The maximum atomic E-state index is 11.7. The van der Waals surface area contributed by atoms with Gasteiger partial charge in [-0.25, -0.2) is 9.79 Å². The highest BCUT2D eigenvalue weighted by Gasteiger charge is 2.25. The number of aliphatic imine (C=N–C) groups is 1. The average Bonchev–Trinajstić information content (AvgIpc) is 3.10. The van der Waals surface area contributed by atoms with Crippen molar-refractivity contribution < 1.29 is 18.9 Å². The largest absolute Gasteiger partial charge is 0.459 e. The van der Waals surface area contributed by atoms with Crippen molar-refractivity contribution in [2.75, 3.05) is 0 Å². The highest BCUT2D eigenvalue weighted by Crippen LogP contribution is 2.20. The van der Waals surface area contributed by atoms with Gasteiger partial charge in [-0.1, -0.05) is 0 Å². The van der Waals surface area contributed by atoms with Gasteiger partial charge >= 0.3 is 5.97 Å². The summed E-state index contributed by atoms with van der Waals surface area (Å²) in [6, 6.07) is 9.04. The summed E-state index contributed by atoms with van der Waals surface area (Å²) in [7, 11) is 0. The van der Waals surface area contributed by atoms with Crippen molar-refractivity contribution in [1.29, 1.82) is 0 Å². The molecule has 7 heteroatoms. The standard InChI is InChI=1S/C14H8N2O5/c17-14-11(15-13(21-14)12-2-1-7-20-12)8-9-3-5-10(6-4-9)16(18)19/h1-8H/b11-8+. The molecule has 1 aliphatic heterocycles. The molecule has 0 spiro atoms. The van der Waals surface area contributed by atoms with Gasteiger partial charge in [-0.15, -0.1) is 0 Å². The summed E-state index contributed by atoms with van der Waals surface area (Å²) >= 11 is 0. The Bertz CT molecular complexity index is 757. The van der Waals surface area contributed by atoms with Crippen LogP contribution in [0.2, 0.25) is 0 Å². The number of cyclic esters (lactones) is 1. The smallest absolute Gasteiger partial charge is 0.363 e. The van der Waals surface area contributed by atoms with Crippen LogP contribution in [0.3, 0.4) is 0 Å². The van der Waals surface area contributed by atoms with E-state index in [1.807, 2.05) is 0 Å². The molecule has 2 aromatic rings. The molecule has 0 aliphatic carbocycles. The molecule has 0 fully saturated rings. The number of hydrogen-bond donors (Lipinski definition) is 0. The first-order valence-corrected chi connectivity index (χ1v) is 5.94. The number of nitro benzene ring substituents is 1. The molecule has 7 nitrogen and oxygen atoms in total. The normalized spacial score (nSPS) is 15.9. The SMILES string of the molecule is O=C1OC(c2ccco2)=N/C1=C/c1ccc([N+](=O)[O-])cc1. The number of nitrogens with zero attached hydrogens (tertiary/aromatic N) is 2. The molecule has 1 aliphatic rings. The Morgan fingerprint density at radius 2 is 1.95 bits per heavy atom. The second-order valence-corrected chi connectivity index (χ2v) is 4.16. The number of esters is 1. The number of furan rings is 1. The summed E-state index contributed by atoms with van der Waals surface area (Å²) in [6.45, 7) is 0. The molecule has 0 N–H and O–H groups in total. The van der Waals surface area contributed by atoms with Crippen LogP contribution in [0.4, 0.5) is 5.69 Å². The maximum Gasteiger partial charge on any atom is 0.363 e. The quantitative estimate of drug-likeness (QED) is 0.373. The fourth-order valence-electron chi connectivity index (χ4n) is 1.76. The van der Waals surface area contributed by atoms with Crippen LogP contribution in [0.5, 0.6) is 0 Å². The minimum atomic E-state index is -0.597. The van der Waals surface area contributed by atoms with Crippen molar-refractivity contribution in [2.45, 2.75) is 0 Å². The molecule has 0 amide bonds. The Morgan fingerprint density at radius 1 is 1.19 bits per heavy atom. The summed E-state index contributed by atoms with van der Waals surface area (Å²) in [4.78, 5) is 25.8. The first kappa shape index (κ1) is 12.8. The molecule has 0 saturated carbocycles. The van der Waals surface area contributed by atoms with Crippen molar-refractivity contribution in [2.24, 2.45) is 4.99 Å². The van der Waals surface area contributed by atoms with Crippen LogP contribution in [0.1, 0.15) is 11.3 Å². The first-order chi connectivity index (χ1) is 10.1. The van der Waals surface area contributed by atoms with Crippen molar-refractivity contribution in [3.05, 3.63) is 69.8 Å². The molecule has 104 valence electrons. The lowest BCUT2D eigenvalue weighted by Crippen LogP contribution is -2.04. The third-order valence-electron chi connectivity index (χ3n) is 2.76. The molecular formula is C14H8N2O5. The van der Waals surface area contributed by atoms with Gasteiger partial charge in [0.25, 0.3) is 11.6 Å². The van der Waals surface area contributed by atoms with Crippen LogP contribution < -0.4 is 0 Å². The lowest BCUT2D eigenvalue weighted by atomic mass is 10.2. The van der Waals surface area contributed by atoms with Gasteiger partial charge in [0.15, 0.2) is 11.5 Å². The van der Waals surface area contributed by atoms with E-state index < -0.39 is 10.9 Å². The van der Waals surface area contributed by atoms with Gasteiger partial charge in [-0.2, -0.15) is 0 Å². The molecule has 21 heavy (non-hydrogen) atoms. The van der Waals surface area contributed by atoms with Gasteiger partial charge in [-0.3, -0.25) is 10.1 Å². The van der Waals surface area contributed by atoms with E-state index in [-0.39, 0.29) is 17.3 Å². The molecule has 0 bridgehead atoms. The number of benzene rings is 1. The molecular weight excluding hydrogens is 276 g/mol. The second kappa shape index (κ2) is 5.04. The third-order valence-corrected chi connectivity index (χ3v) is 2.76. The lowest BCUT2D eigenvalue weighted by molar-refractivity contribution is -0.384. The van der Waals surface area contributed by atoms with Gasteiger partial charge in [0, 0.05) is 12.1 Å². The zero-order valence-electron chi connectivity index (χ0n) is 10.6. The summed E-state index contributed by atoms with van der Waals surface area (Å²) in [5.74, 6) is -0.145. The highest BCUT2D eigenvalue weighted by atomic mass is 16.6. The van der Waals surface area contributed by atoms with Crippen molar-refractivity contribution in [1.82, 2.24) is 0 Å². The number of nitro groups is 1. The van der Waals surface area contributed by atoms with E-state index in [2.05, 4.69) is 4.99 Å². The van der Waals surface area contributed by atoms with E-state index in [1.54, 1.807) is 12.1 Å². The van der Waals surface area contributed by atoms with Gasteiger partial charge in [-0.05, 0) is 35.9 Å². The van der Waals surface area contributed by atoms with E-state index >= 15 is 0 Å². The van der Waals surface area contributed by atoms with E-state index in [0.717, 1.165) is 0 Å². The number of rotatable bonds is 3. The molecule has 1 aromatic carbocycles. The molecule has 0 saturated heterocycles. The van der Waals surface area contributed by atoms with Gasteiger partial charge in [0.1, 0.15) is 0 Å². The van der Waals surface area contributed by atoms with Crippen molar-refractivity contribution in [3.8, 4) is 0 Å². The van der Waals surface area contributed by atoms with E-state index in [1.165, 1.54) is 36.6 Å². The summed E-state index contributed by atoms with van der Waals surface area (Å²) in [6.07, 6.45) is 2.94. The molecule has 0 unspecified atom stereocenters. The van der Waals surface area contributed by atoms with Gasteiger partial charge in [0.05, 0.1) is 11.2 Å². The van der Waals surface area contributed by atoms with E-state index in [0.29, 0.717) is 11.3 Å². The van der Waals surface area contributed by atoms with E-state index in [9.17, 15) is 14.9 Å². The number of non-ortho nitro benzene ring substituents is 1. The highest BCUT2D eigenvalue weighted by molar-refractivity contribution is 6.11. The third kappa shape index (κ3) is 2.57. The number of carbonyl (C=O) groups excluding carboxylic acids is 1. The predicted molar refractivity (Wildman–Crippen MR) is 72.4 cm³/mol. The maximum absolute atomic E-state index is 11.7. The number of hydrogen-bond acceptors (Lipinski definition) is 6. The monoisotopic (exact) mass is 284 g/mol. The van der Waals surface area contributed by atoms with Crippen LogP contribution >= 0.6 is 0 Å². The average molecular weight is 284 g/mol. The number of carbonyl (C=O) groups is 1. The molecule has 2 heterocycles. The van der Waals surface area contributed by atoms with Crippen LogP contribution in [0, 0.1) is 10.1 Å². The molecule has 0 atom stereocenters. The second-order valence-electron chi connectivity index (χ2n) is 4.16. The fraction of sp³-hybridized carbons (Fsp3) is 0. The Morgan fingerprint density at radius 3 is 2.57 bits per heavy atom. The lowest BCUT2D eigenvalue weighted by Gasteiger charge is -1.94. The van der Waals surface area contributed by atoms with Crippen LogP contribution in [0.25, 0.3) is 6.08 Å². The Balaban J connectivity index is 1.89. The molecule has 3 rings (SSSR count). The summed E-state index contributed by atoms with van der Waals surface area (Å²) < 4.78 is 10.1. The topological polar surface area (TPSA) is 94.9 Å². The summed E-state index contributed by atoms with van der Waals surface area (Å²) in [5, 5.41) is 10.6. The van der Waals surface area contributed by atoms with Crippen LogP contribution in [0.15, 0.2) is 57.8 Å². The van der Waals surface area contributed by atoms with Crippen LogP contribution in [-0.2, 0) is 9.53 Å². The van der Waals surface area contributed by atoms with Gasteiger partial charge < -0.3 is 9.15 Å². The minimum absolute atomic E-state index is 0.0223. The predicted octanol–water partition coefficient (Wildman–Crippen LogP) is 2.53. The fourth-order valence-corrected chi connectivity index (χ4v) is 1.76. The zero-order chi connectivity index (χ0) is 14.8. The molecule has 0 radical (unpaired) electrons. The molecule has 1 aromatic heterocycles. The first-order valence-electron chi connectivity index (χ1n) is 5.94. The Kier molecular flexibility index (Phi) is 3.07. The zero-order valence-corrected chi connectivity index (χ0v) is 10.6. The Hall–Kier alpha value is -3.22. The van der Waals surface area contributed by atoms with Crippen LogP contribution in [-0.4, -0.2) is 16.8 Å². The minimum Gasteiger partial charge on any atom is -0.459 e. The van der Waals surface area contributed by atoms with Crippen molar-refractivity contribution >= 4 is 23.6 Å². The van der Waals surface area contributed by atoms with E-state index in [4.69, 9.17) is 9.15 Å². The van der Waals surface area contributed by atoms with Gasteiger partial charge in [0.2, 0.25) is 0 Å².